The number of nitriles is 1. The lowest BCUT2D eigenvalue weighted by Gasteiger charge is -2.27. The lowest BCUT2D eigenvalue weighted by molar-refractivity contribution is 0.0695. The molecular weight excluding hydrogens is 226 g/mol. The Labute approximate surface area is 108 Å². The van der Waals surface area contributed by atoms with Gasteiger partial charge in [-0.2, -0.15) is 5.26 Å². The van der Waals surface area contributed by atoms with Gasteiger partial charge in [0.1, 0.15) is 11.8 Å². The predicted octanol–water partition coefficient (Wildman–Crippen LogP) is 1.59. The van der Waals surface area contributed by atoms with Crippen LogP contribution < -0.4 is 5.32 Å². The van der Waals surface area contributed by atoms with Crippen LogP contribution in [0.1, 0.15) is 36.9 Å². The summed E-state index contributed by atoms with van der Waals surface area (Å²) >= 11 is 0. The van der Waals surface area contributed by atoms with Gasteiger partial charge < -0.3 is 10.4 Å². The average Bonchev–Trinajstić information content (AvgIpc) is 2.41. The van der Waals surface area contributed by atoms with Crippen LogP contribution >= 0.6 is 0 Å². The van der Waals surface area contributed by atoms with Crippen molar-refractivity contribution in [2.45, 2.75) is 38.3 Å². The Kier molecular flexibility index (Phi) is 4.68. The Hall–Kier alpha value is -1.44. The maximum absolute atomic E-state index is 9.86. The van der Waals surface area contributed by atoms with E-state index >= 15 is 0 Å². The summed E-state index contributed by atoms with van der Waals surface area (Å²) in [4.78, 5) is 4.03. The minimum absolute atomic E-state index is 0.171. The number of nitrogens with zero attached hydrogens (tertiary/aromatic N) is 2. The summed E-state index contributed by atoms with van der Waals surface area (Å²) in [6.45, 7) is 1.45. The second kappa shape index (κ2) is 6.48. The average molecular weight is 245 g/mol. The number of aromatic nitrogens is 1. The van der Waals surface area contributed by atoms with Gasteiger partial charge in [-0.15, -0.1) is 0 Å². The van der Waals surface area contributed by atoms with Gasteiger partial charge in [0.05, 0.1) is 6.10 Å². The number of rotatable bonds is 4. The van der Waals surface area contributed by atoms with Crippen molar-refractivity contribution in [2.24, 2.45) is 5.92 Å². The fourth-order valence-corrected chi connectivity index (χ4v) is 2.50. The van der Waals surface area contributed by atoms with Crippen molar-refractivity contribution in [3.63, 3.8) is 0 Å². The van der Waals surface area contributed by atoms with Crippen LogP contribution in [0.5, 0.6) is 0 Å². The van der Waals surface area contributed by atoms with E-state index in [0.717, 1.165) is 31.4 Å². The summed E-state index contributed by atoms with van der Waals surface area (Å²) in [5, 5.41) is 22.1. The van der Waals surface area contributed by atoms with E-state index in [-0.39, 0.29) is 6.10 Å². The zero-order chi connectivity index (χ0) is 12.8. The Morgan fingerprint density at radius 3 is 3.06 bits per heavy atom. The topological polar surface area (TPSA) is 68.9 Å². The summed E-state index contributed by atoms with van der Waals surface area (Å²) in [6.07, 6.45) is 5.82. The molecule has 1 fully saturated rings. The third-order valence-electron chi connectivity index (χ3n) is 3.59. The quantitative estimate of drug-likeness (QED) is 0.845. The third-order valence-corrected chi connectivity index (χ3v) is 3.59. The molecule has 0 radical (unpaired) electrons. The Morgan fingerprint density at radius 2 is 2.28 bits per heavy atom. The summed E-state index contributed by atoms with van der Waals surface area (Å²) in [5.41, 5.74) is 1.40. The maximum Gasteiger partial charge on any atom is 0.144 e. The molecular formula is C14H19N3O. The van der Waals surface area contributed by atoms with Gasteiger partial charge >= 0.3 is 0 Å². The van der Waals surface area contributed by atoms with Crippen molar-refractivity contribution < 1.29 is 5.11 Å². The van der Waals surface area contributed by atoms with Crippen LogP contribution in [0.2, 0.25) is 0 Å². The van der Waals surface area contributed by atoms with Crippen LogP contribution in [0, 0.1) is 17.2 Å². The van der Waals surface area contributed by atoms with Gasteiger partial charge in [0.25, 0.3) is 0 Å². The van der Waals surface area contributed by atoms with Crippen molar-refractivity contribution >= 4 is 0 Å². The van der Waals surface area contributed by atoms with Crippen LogP contribution in [-0.2, 0) is 6.54 Å². The SMILES string of the molecule is N#Cc1ncccc1CNCC1CCCCC1O. The third kappa shape index (κ3) is 3.28. The first-order valence-corrected chi connectivity index (χ1v) is 6.54. The molecule has 1 aliphatic rings. The van der Waals surface area contributed by atoms with E-state index in [1.807, 2.05) is 12.1 Å². The molecule has 4 nitrogen and oxygen atoms in total. The lowest BCUT2D eigenvalue weighted by atomic mass is 9.86. The second-order valence-electron chi connectivity index (χ2n) is 4.87. The molecule has 0 bridgehead atoms. The van der Waals surface area contributed by atoms with Crippen molar-refractivity contribution in [3.05, 3.63) is 29.6 Å². The molecule has 2 N–H and O–H groups in total. The van der Waals surface area contributed by atoms with E-state index in [0.29, 0.717) is 18.2 Å². The van der Waals surface area contributed by atoms with Crippen molar-refractivity contribution in [2.75, 3.05) is 6.54 Å². The number of nitrogens with one attached hydrogen (secondary N) is 1. The van der Waals surface area contributed by atoms with Gasteiger partial charge in [-0.1, -0.05) is 18.9 Å². The monoisotopic (exact) mass is 245 g/mol. The van der Waals surface area contributed by atoms with Gasteiger partial charge in [-0.3, -0.25) is 0 Å². The fraction of sp³-hybridized carbons (Fsp3) is 0.571. The Morgan fingerprint density at radius 1 is 1.44 bits per heavy atom. The van der Waals surface area contributed by atoms with Crippen molar-refractivity contribution in [1.29, 1.82) is 5.26 Å². The molecule has 4 heteroatoms. The molecule has 0 saturated heterocycles. The second-order valence-corrected chi connectivity index (χ2v) is 4.87. The molecule has 1 aromatic heterocycles. The Balaban J connectivity index is 1.83. The smallest absolute Gasteiger partial charge is 0.144 e. The normalized spacial score (nSPS) is 23.6. The zero-order valence-corrected chi connectivity index (χ0v) is 10.5. The fourth-order valence-electron chi connectivity index (χ4n) is 2.50. The van der Waals surface area contributed by atoms with E-state index < -0.39 is 0 Å². The predicted molar refractivity (Wildman–Crippen MR) is 68.6 cm³/mol. The van der Waals surface area contributed by atoms with Gasteiger partial charge in [-0.25, -0.2) is 4.98 Å². The lowest BCUT2D eigenvalue weighted by Crippen LogP contribution is -2.33. The van der Waals surface area contributed by atoms with Crippen molar-refractivity contribution in [3.8, 4) is 6.07 Å². The molecule has 0 aromatic carbocycles. The molecule has 2 rings (SSSR count). The molecule has 0 amide bonds. The van der Waals surface area contributed by atoms with E-state index in [1.54, 1.807) is 6.20 Å². The molecule has 1 aromatic rings. The number of aliphatic hydroxyl groups is 1. The van der Waals surface area contributed by atoms with Gasteiger partial charge in [0.15, 0.2) is 0 Å². The maximum atomic E-state index is 9.86. The van der Waals surface area contributed by atoms with E-state index in [2.05, 4.69) is 16.4 Å². The molecule has 1 aliphatic carbocycles. The van der Waals surface area contributed by atoms with Gasteiger partial charge in [0.2, 0.25) is 0 Å². The first kappa shape index (κ1) is 13.0. The summed E-state index contributed by atoms with van der Waals surface area (Å²) in [7, 11) is 0. The van der Waals surface area contributed by atoms with E-state index in [9.17, 15) is 5.11 Å². The van der Waals surface area contributed by atoms with Crippen LogP contribution in [0.3, 0.4) is 0 Å². The molecule has 2 unspecified atom stereocenters. The van der Waals surface area contributed by atoms with Gasteiger partial charge in [-0.05, 0) is 24.8 Å². The molecule has 96 valence electrons. The first-order valence-electron chi connectivity index (χ1n) is 6.54. The molecule has 2 atom stereocenters. The molecule has 0 spiro atoms. The van der Waals surface area contributed by atoms with E-state index in [1.165, 1.54) is 6.42 Å². The Bertz CT molecular complexity index is 427. The highest BCUT2D eigenvalue weighted by Gasteiger charge is 2.22. The molecule has 0 aliphatic heterocycles. The summed E-state index contributed by atoms with van der Waals surface area (Å²) in [6, 6.07) is 5.85. The minimum atomic E-state index is -0.171. The van der Waals surface area contributed by atoms with Crippen molar-refractivity contribution in [1.82, 2.24) is 10.3 Å². The molecule has 18 heavy (non-hydrogen) atoms. The summed E-state index contributed by atoms with van der Waals surface area (Å²) < 4.78 is 0. The van der Waals surface area contributed by atoms with E-state index in [4.69, 9.17) is 5.26 Å². The van der Waals surface area contributed by atoms with Crippen LogP contribution in [0.25, 0.3) is 0 Å². The number of hydrogen-bond acceptors (Lipinski definition) is 4. The number of hydrogen-bond donors (Lipinski definition) is 2. The highest BCUT2D eigenvalue weighted by molar-refractivity contribution is 5.30. The zero-order valence-electron chi connectivity index (χ0n) is 10.5. The summed E-state index contributed by atoms with van der Waals surface area (Å²) in [5.74, 6) is 0.348. The number of pyridine rings is 1. The largest absolute Gasteiger partial charge is 0.393 e. The van der Waals surface area contributed by atoms with Gasteiger partial charge in [0, 0.05) is 24.8 Å². The minimum Gasteiger partial charge on any atom is -0.393 e. The standard InChI is InChI=1S/C14H19N3O/c15-8-13-11(5-3-7-17-13)9-16-10-12-4-1-2-6-14(12)18/h3,5,7,12,14,16,18H,1-2,4,6,9-10H2. The molecule has 1 saturated carbocycles. The first-order chi connectivity index (χ1) is 8.81. The van der Waals surface area contributed by atoms with Crippen LogP contribution in [0.15, 0.2) is 18.3 Å². The van der Waals surface area contributed by atoms with Crippen LogP contribution in [0.4, 0.5) is 0 Å². The molecule has 1 heterocycles. The highest BCUT2D eigenvalue weighted by Crippen LogP contribution is 2.23. The number of aliphatic hydroxyl groups excluding tert-OH is 1. The van der Waals surface area contributed by atoms with Crippen LogP contribution in [-0.4, -0.2) is 22.7 Å². The highest BCUT2D eigenvalue weighted by atomic mass is 16.3.